The molecule has 84 valence electrons. The van der Waals surface area contributed by atoms with Crippen LogP contribution >= 0.6 is 11.6 Å². The highest BCUT2D eigenvalue weighted by molar-refractivity contribution is 6.22. The average Bonchev–Trinajstić information content (AvgIpc) is 2.77. The Morgan fingerprint density at radius 1 is 1.19 bits per heavy atom. The van der Waals surface area contributed by atoms with Gasteiger partial charge in [-0.2, -0.15) is 0 Å². The van der Waals surface area contributed by atoms with Crippen molar-refractivity contribution in [2.75, 3.05) is 0 Å². The maximum atomic E-state index is 12.7. The molecule has 1 aromatic carbocycles. The van der Waals surface area contributed by atoms with Crippen LogP contribution in [0.5, 0.6) is 0 Å². The predicted molar refractivity (Wildman–Crippen MR) is 62.2 cm³/mol. The molecule has 0 saturated heterocycles. The molecular weight excluding hydrogens is 227 g/mol. The number of hydrogen-bond acceptors (Lipinski definition) is 1. The number of furan rings is 1. The minimum Gasteiger partial charge on any atom is -0.464 e. The summed E-state index contributed by atoms with van der Waals surface area (Å²) in [6, 6.07) is 9.90. The first-order valence-corrected chi connectivity index (χ1v) is 5.62. The molecule has 1 nitrogen and oxygen atoms in total. The van der Waals surface area contributed by atoms with Crippen LogP contribution in [0.2, 0.25) is 0 Å². The summed E-state index contributed by atoms with van der Waals surface area (Å²) in [5.41, 5.74) is 0.833. The highest BCUT2D eigenvalue weighted by Crippen LogP contribution is 2.30. The van der Waals surface area contributed by atoms with Gasteiger partial charge in [-0.1, -0.05) is 19.1 Å². The van der Waals surface area contributed by atoms with Crippen molar-refractivity contribution >= 4 is 11.6 Å². The molecule has 0 aliphatic carbocycles. The Kier molecular flexibility index (Phi) is 3.30. The van der Waals surface area contributed by atoms with Crippen molar-refractivity contribution in [3.05, 3.63) is 59.3 Å². The van der Waals surface area contributed by atoms with Crippen LogP contribution in [0.25, 0.3) is 0 Å². The van der Waals surface area contributed by atoms with Gasteiger partial charge < -0.3 is 4.42 Å². The summed E-state index contributed by atoms with van der Waals surface area (Å²) in [4.78, 5) is 0. The average molecular weight is 239 g/mol. The van der Waals surface area contributed by atoms with Crippen LogP contribution in [0, 0.1) is 5.82 Å². The number of alkyl halides is 1. The number of benzene rings is 1. The van der Waals surface area contributed by atoms with Crippen LogP contribution in [0.3, 0.4) is 0 Å². The Balaban J connectivity index is 2.24. The number of halogens is 2. The largest absolute Gasteiger partial charge is 0.464 e. The van der Waals surface area contributed by atoms with Gasteiger partial charge in [-0.25, -0.2) is 4.39 Å². The van der Waals surface area contributed by atoms with Crippen molar-refractivity contribution in [1.82, 2.24) is 0 Å². The second-order valence-electron chi connectivity index (χ2n) is 3.57. The van der Waals surface area contributed by atoms with Crippen molar-refractivity contribution in [2.45, 2.75) is 18.7 Å². The third-order valence-electron chi connectivity index (χ3n) is 2.44. The minimum absolute atomic E-state index is 0.263. The number of aryl methyl sites for hydroxylation is 1. The molecule has 1 atom stereocenters. The fourth-order valence-electron chi connectivity index (χ4n) is 1.52. The topological polar surface area (TPSA) is 13.1 Å². The molecule has 0 aliphatic heterocycles. The summed E-state index contributed by atoms with van der Waals surface area (Å²) < 4.78 is 18.3. The van der Waals surface area contributed by atoms with Crippen molar-refractivity contribution in [3.63, 3.8) is 0 Å². The van der Waals surface area contributed by atoms with Gasteiger partial charge in [0.1, 0.15) is 22.7 Å². The molecule has 16 heavy (non-hydrogen) atoms. The predicted octanol–water partition coefficient (Wildman–Crippen LogP) is 4.31. The summed E-state index contributed by atoms with van der Waals surface area (Å²) in [6.07, 6.45) is 0.840. The van der Waals surface area contributed by atoms with Crippen molar-refractivity contribution in [1.29, 1.82) is 0 Å². The molecular formula is C13H12ClFO. The van der Waals surface area contributed by atoms with E-state index in [0.29, 0.717) is 5.76 Å². The molecule has 1 heterocycles. The van der Waals surface area contributed by atoms with Crippen LogP contribution in [0.1, 0.15) is 29.4 Å². The fraction of sp³-hybridized carbons (Fsp3) is 0.231. The standard InChI is InChI=1S/C13H12ClFO/c1-2-11-7-8-12(16-11)13(14)9-3-5-10(15)6-4-9/h3-8,13H,2H2,1H3. The molecule has 1 unspecified atom stereocenters. The quantitative estimate of drug-likeness (QED) is 0.727. The molecule has 2 rings (SSSR count). The highest BCUT2D eigenvalue weighted by Gasteiger charge is 2.14. The van der Waals surface area contributed by atoms with Gasteiger partial charge in [-0.3, -0.25) is 0 Å². The van der Waals surface area contributed by atoms with E-state index in [1.54, 1.807) is 12.1 Å². The van der Waals surface area contributed by atoms with Gasteiger partial charge in [-0.15, -0.1) is 11.6 Å². The van der Waals surface area contributed by atoms with Crippen LogP contribution in [0.4, 0.5) is 4.39 Å². The smallest absolute Gasteiger partial charge is 0.126 e. The lowest BCUT2D eigenvalue weighted by Gasteiger charge is -2.06. The van der Waals surface area contributed by atoms with Gasteiger partial charge in [0.15, 0.2) is 0 Å². The molecule has 0 aliphatic rings. The van der Waals surface area contributed by atoms with Crippen LogP contribution in [-0.2, 0) is 6.42 Å². The van der Waals surface area contributed by atoms with Crippen LogP contribution in [-0.4, -0.2) is 0 Å². The summed E-state index contributed by atoms with van der Waals surface area (Å²) in [5, 5.41) is -0.360. The van der Waals surface area contributed by atoms with E-state index < -0.39 is 0 Å². The SMILES string of the molecule is CCc1ccc(C(Cl)c2ccc(F)cc2)o1. The van der Waals surface area contributed by atoms with Crippen molar-refractivity contribution in [3.8, 4) is 0 Å². The van der Waals surface area contributed by atoms with E-state index in [1.807, 2.05) is 19.1 Å². The maximum absolute atomic E-state index is 12.7. The van der Waals surface area contributed by atoms with Crippen LogP contribution in [0.15, 0.2) is 40.8 Å². The van der Waals surface area contributed by atoms with Crippen LogP contribution < -0.4 is 0 Å². The third-order valence-corrected chi connectivity index (χ3v) is 2.91. The molecule has 0 radical (unpaired) electrons. The van der Waals surface area contributed by atoms with E-state index in [-0.39, 0.29) is 11.2 Å². The van der Waals surface area contributed by atoms with Crippen molar-refractivity contribution < 1.29 is 8.81 Å². The minimum atomic E-state index is -0.360. The lowest BCUT2D eigenvalue weighted by atomic mass is 10.1. The Morgan fingerprint density at radius 3 is 2.44 bits per heavy atom. The first-order valence-electron chi connectivity index (χ1n) is 5.19. The van der Waals surface area contributed by atoms with Gasteiger partial charge in [0.25, 0.3) is 0 Å². The molecule has 0 bridgehead atoms. The van der Waals surface area contributed by atoms with Gasteiger partial charge in [0, 0.05) is 6.42 Å². The second kappa shape index (κ2) is 4.71. The normalized spacial score (nSPS) is 12.7. The summed E-state index contributed by atoms with van der Waals surface area (Å²) in [6.45, 7) is 2.02. The van der Waals surface area contributed by atoms with Crippen molar-refractivity contribution in [2.24, 2.45) is 0 Å². The number of hydrogen-bond donors (Lipinski definition) is 0. The first-order chi connectivity index (χ1) is 7.70. The van der Waals surface area contributed by atoms with E-state index in [1.165, 1.54) is 12.1 Å². The molecule has 2 aromatic rings. The molecule has 0 fully saturated rings. The lowest BCUT2D eigenvalue weighted by molar-refractivity contribution is 0.474. The lowest BCUT2D eigenvalue weighted by Crippen LogP contribution is -1.91. The molecule has 3 heteroatoms. The van der Waals surface area contributed by atoms with Gasteiger partial charge >= 0.3 is 0 Å². The molecule has 0 saturated carbocycles. The van der Waals surface area contributed by atoms with Gasteiger partial charge in [0.05, 0.1) is 0 Å². The number of rotatable bonds is 3. The maximum Gasteiger partial charge on any atom is 0.126 e. The van der Waals surface area contributed by atoms with E-state index in [0.717, 1.165) is 17.7 Å². The monoisotopic (exact) mass is 238 g/mol. The highest BCUT2D eigenvalue weighted by atomic mass is 35.5. The second-order valence-corrected chi connectivity index (χ2v) is 4.01. The van der Waals surface area contributed by atoms with E-state index >= 15 is 0 Å². The van der Waals surface area contributed by atoms with E-state index in [9.17, 15) is 4.39 Å². The fourth-order valence-corrected chi connectivity index (χ4v) is 1.78. The Labute approximate surface area is 98.8 Å². The zero-order valence-corrected chi connectivity index (χ0v) is 9.67. The molecule has 0 spiro atoms. The Hall–Kier alpha value is -1.28. The van der Waals surface area contributed by atoms with E-state index in [4.69, 9.17) is 16.0 Å². The Bertz CT molecular complexity index is 461. The summed E-state index contributed by atoms with van der Waals surface area (Å²) in [7, 11) is 0. The zero-order chi connectivity index (χ0) is 11.5. The third kappa shape index (κ3) is 2.27. The van der Waals surface area contributed by atoms with Gasteiger partial charge in [0.2, 0.25) is 0 Å². The molecule has 0 amide bonds. The van der Waals surface area contributed by atoms with Gasteiger partial charge in [-0.05, 0) is 29.8 Å². The molecule has 0 N–H and O–H groups in total. The summed E-state index contributed by atoms with van der Waals surface area (Å²) >= 11 is 6.24. The zero-order valence-electron chi connectivity index (χ0n) is 8.91. The van der Waals surface area contributed by atoms with E-state index in [2.05, 4.69) is 0 Å². The first kappa shape index (κ1) is 11.2. The summed E-state index contributed by atoms with van der Waals surface area (Å²) in [5.74, 6) is 1.34. The Morgan fingerprint density at radius 2 is 1.88 bits per heavy atom. The molecule has 1 aromatic heterocycles.